The van der Waals surface area contributed by atoms with Crippen molar-refractivity contribution in [1.82, 2.24) is 0 Å². The Morgan fingerprint density at radius 2 is 2.08 bits per heavy atom. The minimum Gasteiger partial charge on any atom is -0.481 e. The molecule has 0 radical (unpaired) electrons. The zero-order valence-electron chi connectivity index (χ0n) is 6.82. The fourth-order valence-corrected chi connectivity index (χ4v) is 0.616. The molecule has 0 fully saturated rings. The Bertz CT molecular complexity index is 165. The number of hydrogen-bond donors (Lipinski definition) is 2. The lowest BCUT2D eigenvalue weighted by atomic mass is 10.2. The quantitative estimate of drug-likeness (QED) is 0.565. The molecule has 1 atom stereocenters. The number of hydrogen-bond acceptors (Lipinski definition) is 4. The fourth-order valence-electron chi connectivity index (χ4n) is 0.616. The lowest BCUT2D eigenvalue weighted by Crippen LogP contribution is -2.23. The lowest BCUT2D eigenvalue weighted by Gasteiger charge is -2.06. The minimum absolute atomic E-state index is 0.103. The van der Waals surface area contributed by atoms with Crippen LogP contribution in [0, 0.1) is 0 Å². The molecule has 0 heterocycles. The van der Waals surface area contributed by atoms with Crippen LogP contribution in [0.4, 0.5) is 0 Å². The Kier molecular flexibility index (Phi) is 5.03. The number of ether oxygens (including phenoxy) is 1. The third kappa shape index (κ3) is 4.68. The summed E-state index contributed by atoms with van der Waals surface area (Å²) in [6.45, 7) is 1.80. The number of carboxylic acid groups (broad SMARTS) is 1. The smallest absolute Gasteiger partial charge is 0.334 e. The Hall–Kier alpha value is -1.10. The van der Waals surface area contributed by atoms with E-state index in [1.807, 2.05) is 0 Å². The first kappa shape index (κ1) is 10.9. The number of carboxylic acids is 1. The van der Waals surface area contributed by atoms with Gasteiger partial charge in [-0.3, -0.25) is 4.79 Å². The van der Waals surface area contributed by atoms with Crippen LogP contribution in [-0.2, 0) is 14.3 Å². The number of aliphatic carboxylic acids is 1. The first-order valence-electron chi connectivity index (χ1n) is 3.64. The molecule has 0 amide bonds. The van der Waals surface area contributed by atoms with Gasteiger partial charge in [0.1, 0.15) is 0 Å². The second-order valence-corrected chi connectivity index (χ2v) is 2.20. The van der Waals surface area contributed by atoms with Crippen LogP contribution in [-0.4, -0.2) is 34.9 Å². The van der Waals surface area contributed by atoms with E-state index in [-0.39, 0.29) is 19.4 Å². The van der Waals surface area contributed by atoms with Crippen LogP contribution in [0.25, 0.3) is 0 Å². The van der Waals surface area contributed by atoms with Gasteiger partial charge in [-0.2, -0.15) is 0 Å². The molecule has 0 aliphatic heterocycles. The molecule has 0 aliphatic rings. The van der Waals surface area contributed by atoms with Gasteiger partial charge < -0.3 is 14.9 Å². The molecule has 5 nitrogen and oxygen atoms in total. The molecular formula is C7H12O5. The standard InChI is InChI=1S/C7H12O5/c1-2-12-7(11)5(8)3-4-6(9)10/h5,8H,2-4H2,1H3,(H,9,10). The number of aliphatic hydroxyl groups is 1. The van der Waals surface area contributed by atoms with Crippen LogP contribution in [0.2, 0.25) is 0 Å². The minimum atomic E-state index is -1.32. The molecule has 5 heteroatoms. The maximum atomic E-state index is 10.7. The van der Waals surface area contributed by atoms with Gasteiger partial charge in [0.05, 0.1) is 6.61 Å². The highest BCUT2D eigenvalue weighted by Gasteiger charge is 2.16. The van der Waals surface area contributed by atoms with Crippen molar-refractivity contribution in [1.29, 1.82) is 0 Å². The van der Waals surface area contributed by atoms with E-state index in [0.717, 1.165) is 0 Å². The van der Waals surface area contributed by atoms with Crippen molar-refractivity contribution in [3.8, 4) is 0 Å². The van der Waals surface area contributed by atoms with Gasteiger partial charge in [0.2, 0.25) is 0 Å². The van der Waals surface area contributed by atoms with Crippen molar-refractivity contribution in [2.24, 2.45) is 0 Å². The van der Waals surface area contributed by atoms with Crippen LogP contribution in [0.5, 0.6) is 0 Å². The van der Waals surface area contributed by atoms with E-state index in [2.05, 4.69) is 4.74 Å². The van der Waals surface area contributed by atoms with Gasteiger partial charge in [-0.15, -0.1) is 0 Å². The van der Waals surface area contributed by atoms with Gasteiger partial charge in [-0.05, 0) is 13.3 Å². The molecule has 0 spiro atoms. The average Bonchev–Trinajstić information content (AvgIpc) is 2.00. The largest absolute Gasteiger partial charge is 0.481 e. The molecule has 1 unspecified atom stereocenters. The van der Waals surface area contributed by atoms with Gasteiger partial charge >= 0.3 is 11.9 Å². The number of aliphatic hydroxyl groups excluding tert-OH is 1. The van der Waals surface area contributed by atoms with Gasteiger partial charge in [0.15, 0.2) is 6.10 Å². The lowest BCUT2D eigenvalue weighted by molar-refractivity contribution is -0.153. The molecule has 0 aromatic rings. The predicted octanol–water partition coefficient (Wildman–Crippen LogP) is -0.225. The maximum Gasteiger partial charge on any atom is 0.334 e. The van der Waals surface area contributed by atoms with Gasteiger partial charge in [0.25, 0.3) is 0 Å². The van der Waals surface area contributed by atoms with E-state index in [0.29, 0.717) is 0 Å². The molecule has 0 bridgehead atoms. The second kappa shape index (κ2) is 5.54. The highest BCUT2D eigenvalue weighted by molar-refractivity contribution is 5.75. The molecule has 0 rings (SSSR count). The van der Waals surface area contributed by atoms with E-state index in [4.69, 9.17) is 10.2 Å². The summed E-state index contributed by atoms with van der Waals surface area (Å²) < 4.78 is 4.45. The van der Waals surface area contributed by atoms with Crippen molar-refractivity contribution < 1.29 is 24.5 Å². The van der Waals surface area contributed by atoms with Gasteiger partial charge in [-0.1, -0.05) is 0 Å². The molecule has 0 saturated carbocycles. The highest BCUT2D eigenvalue weighted by atomic mass is 16.5. The number of esters is 1. The van der Waals surface area contributed by atoms with Crippen molar-refractivity contribution in [2.45, 2.75) is 25.9 Å². The Morgan fingerprint density at radius 3 is 2.50 bits per heavy atom. The van der Waals surface area contributed by atoms with Crippen molar-refractivity contribution in [2.75, 3.05) is 6.61 Å². The molecule has 0 aromatic heterocycles. The summed E-state index contributed by atoms with van der Waals surface area (Å²) in [7, 11) is 0. The van der Waals surface area contributed by atoms with E-state index in [9.17, 15) is 9.59 Å². The summed E-state index contributed by atoms with van der Waals surface area (Å²) in [4.78, 5) is 20.7. The Morgan fingerprint density at radius 1 is 1.50 bits per heavy atom. The normalized spacial score (nSPS) is 12.2. The zero-order chi connectivity index (χ0) is 9.56. The van der Waals surface area contributed by atoms with Crippen LogP contribution < -0.4 is 0 Å². The second-order valence-electron chi connectivity index (χ2n) is 2.20. The summed E-state index contributed by atoms with van der Waals surface area (Å²) >= 11 is 0. The summed E-state index contributed by atoms with van der Waals surface area (Å²) in [6.07, 6.45) is -1.66. The van der Waals surface area contributed by atoms with E-state index in [1.165, 1.54) is 0 Å². The van der Waals surface area contributed by atoms with Crippen LogP contribution in [0.1, 0.15) is 19.8 Å². The summed E-state index contributed by atoms with van der Waals surface area (Å²) in [5, 5.41) is 17.2. The molecular weight excluding hydrogens is 164 g/mol. The van der Waals surface area contributed by atoms with Crippen molar-refractivity contribution in [3.05, 3.63) is 0 Å². The van der Waals surface area contributed by atoms with E-state index in [1.54, 1.807) is 6.92 Å². The molecule has 12 heavy (non-hydrogen) atoms. The average molecular weight is 176 g/mol. The Labute approximate surface area is 70.0 Å². The van der Waals surface area contributed by atoms with Crippen LogP contribution >= 0.6 is 0 Å². The molecule has 70 valence electrons. The van der Waals surface area contributed by atoms with Gasteiger partial charge in [0, 0.05) is 6.42 Å². The number of rotatable bonds is 5. The van der Waals surface area contributed by atoms with Crippen LogP contribution in [0.3, 0.4) is 0 Å². The molecule has 0 aromatic carbocycles. The summed E-state index contributed by atoms with van der Waals surface area (Å²) in [5.41, 5.74) is 0. The summed E-state index contributed by atoms with van der Waals surface area (Å²) in [5.74, 6) is -1.81. The number of carbonyl (C=O) groups excluding carboxylic acids is 1. The van der Waals surface area contributed by atoms with E-state index < -0.39 is 18.0 Å². The van der Waals surface area contributed by atoms with Crippen LogP contribution in [0.15, 0.2) is 0 Å². The van der Waals surface area contributed by atoms with Crippen molar-refractivity contribution in [3.63, 3.8) is 0 Å². The fraction of sp³-hybridized carbons (Fsp3) is 0.714. The number of carbonyl (C=O) groups is 2. The third-order valence-electron chi connectivity index (χ3n) is 1.19. The monoisotopic (exact) mass is 176 g/mol. The zero-order valence-corrected chi connectivity index (χ0v) is 6.82. The predicted molar refractivity (Wildman–Crippen MR) is 39.5 cm³/mol. The topological polar surface area (TPSA) is 83.8 Å². The SMILES string of the molecule is CCOC(=O)C(O)CCC(=O)O. The van der Waals surface area contributed by atoms with E-state index >= 15 is 0 Å². The molecule has 2 N–H and O–H groups in total. The van der Waals surface area contributed by atoms with Crippen molar-refractivity contribution >= 4 is 11.9 Å². The first-order chi connectivity index (χ1) is 5.57. The third-order valence-corrected chi connectivity index (χ3v) is 1.19. The maximum absolute atomic E-state index is 10.7. The Balaban J connectivity index is 3.63. The summed E-state index contributed by atoms with van der Waals surface area (Å²) in [6, 6.07) is 0. The molecule has 0 aliphatic carbocycles. The van der Waals surface area contributed by atoms with Gasteiger partial charge in [-0.25, -0.2) is 4.79 Å². The highest BCUT2D eigenvalue weighted by Crippen LogP contribution is 1.99. The first-order valence-corrected chi connectivity index (χ1v) is 3.64. The molecule has 0 saturated heterocycles.